The van der Waals surface area contributed by atoms with Gasteiger partial charge in [-0.25, -0.2) is 0 Å². The topological polar surface area (TPSA) is 58.4 Å². The van der Waals surface area contributed by atoms with Crippen molar-refractivity contribution in [2.75, 3.05) is 13.1 Å². The van der Waals surface area contributed by atoms with E-state index < -0.39 is 5.97 Å². The normalized spacial score (nSPS) is 22.8. The van der Waals surface area contributed by atoms with Crippen LogP contribution in [0.2, 0.25) is 0 Å². The lowest BCUT2D eigenvalue weighted by Crippen LogP contribution is -2.37. The molecule has 1 fully saturated rings. The van der Waals surface area contributed by atoms with Crippen molar-refractivity contribution in [3.63, 3.8) is 0 Å². The summed E-state index contributed by atoms with van der Waals surface area (Å²) >= 11 is 0. The van der Waals surface area contributed by atoms with Crippen LogP contribution in [0.15, 0.2) is 18.5 Å². The molecule has 17 heavy (non-hydrogen) atoms. The lowest BCUT2D eigenvalue weighted by atomic mass is 10.1. The summed E-state index contributed by atoms with van der Waals surface area (Å²) < 4.78 is 1.96. The third-order valence-electron chi connectivity index (χ3n) is 3.53. The van der Waals surface area contributed by atoms with Crippen molar-refractivity contribution in [1.82, 2.24) is 14.7 Å². The van der Waals surface area contributed by atoms with Gasteiger partial charge < -0.3 is 5.11 Å². The molecule has 5 nitrogen and oxygen atoms in total. The van der Waals surface area contributed by atoms with Crippen molar-refractivity contribution >= 4 is 5.97 Å². The van der Waals surface area contributed by atoms with Gasteiger partial charge in [0, 0.05) is 25.0 Å². The van der Waals surface area contributed by atoms with Crippen LogP contribution in [-0.2, 0) is 4.79 Å². The van der Waals surface area contributed by atoms with Gasteiger partial charge in [-0.05, 0) is 32.4 Å². The Balaban J connectivity index is 1.96. The number of carboxylic acid groups (broad SMARTS) is 1. The third-order valence-corrected chi connectivity index (χ3v) is 3.53. The van der Waals surface area contributed by atoms with E-state index in [1.807, 2.05) is 16.9 Å². The SMILES string of the molecule is C[C@H]([C@H]1CCCN1CCC(=O)O)n1cccn1. The van der Waals surface area contributed by atoms with Crippen molar-refractivity contribution in [3.8, 4) is 0 Å². The molecular weight excluding hydrogens is 218 g/mol. The third kappa shape index (κ3) is 2.85. The van der Waals surface area contributed by atoms with Gasteiger partial charge in [0.2, 0.25) is 0 Å². The van der Waals surface area contributed by atoms with Crippen molar-refractivity contribution in [2.45, 2.75) is 38.3 Å². The van der Waals surface area contributed by atoms with E-state index in [-0.39, 0.29) is 6.42 Å². The van der Waals surface area contributed by atoms with Gasteiger partial charge >= 0.3 is 5.97 Å². The molecule has 0 bridgehead atoms. The first-order valence-electron chi connectivity index (χ1n) is 6.13. The van der Waals surface area contributed by atoms with E-state index in [9.17, 15) is 4.79 Å². The van der Waals surface area contributed by atoms with Crippen LogP contribution in [-0.4, -0.2) is 44.9 Å². The smallest absolute Gasteiger partial charge is 0.304 e. The van der Waals surface area contributed by atoms with E-state index in [2.05, 4.69) is 16.9 Å². The fourth-order valence-electron chi connectivity index (χ4n) is 2.61. The van der Waals surface area contributed by atoms with Crippen LogP contribution in [0.5, 0.6) is 0 Å². The van der Waals surface area contributed by atoms with Crippen molar-refractivity contribution < 1.29 is 9.90 Å². The average Bonchev–Trinajstić information content (AvgIpc) is 2.96. The summed E-state index contributed by atoms with van der Waals surface area (Å²) in [7, 11) is 0. The van der Waals surface area contributed by atoms with Crippen LogP contribution < -0.4 is 0 Å². The minimum absolute atomic E-state index is 0.225. The van der Waals surface area contributed by atoms with Gasteiger partial charge in [0.1, 0.15) is 0 Å². The van der Waals surface area contributed by atoms with Crippen LogP contribution in [0, 0.1) is 0 Å². The molecule has 0 aliphatic carbocycles. The number of nitrogens with zero attached hydrogens (tertiary/aromatic N) is 3. The minimum atomic E-state index is -0.720. The molecule has 2 atom stereocenters. The zero-order chi connectivity index (χ0) is 12.3. The van der Waals surface area contributed by atoms with Crippen LogP contribution in [0.3, 0.4) is 0 Å². The standard InChI is InChI=1S/C12H19N3O2/c1-10(15-8-3-6-13-15)11-4-2-7-14(11)9-5-12(16)17/h3,6,8,10-11H,2,4-5,7,9H2,1H3,(H,16,17)/t10-,11-/m1/s1. The van der Waals surface area contributed by atoms with Gasteiger partial charge in [0.15, 0.2) is 0 Å². The van der Waals surface area contributed by atoms with Crippen LogP contribution in [0.4, 0.5) is 0 Å². The Hall–Kier alpha value is -1.36. The molecule has 0 spiro atoms. The molecule has 1 aromatic heterocycles. The lowest BCUT2D eigenvalue weighted by Gasteiger charge is -2.29. The van der Waals surface area contributed by atoms with Crippen LogP contribution in [0.1, 0.15) is 32.2 Å². The zero-order valence-corrected chi connectivity index (χ0v) is 10.1. The molecule has 0 unspecified atom stereocenters. The van der Waals surface area contributed by atoms with E-state index >= 15 is 0 Å². The molecule has 1 aromatic rings. The van der Waals surface area contributed by atoms with Crippen LogP contribution >= 0.6 is 0 Å². The fourth-order valence-corrected chi connectivity index (χ4v) is 2.61. The quantitative estimate of drug-likeness (QED) is 0.840. The number of hydrogen-bond acceptors (Lipinski definition) is 3. The molecular formula is C12H19N3O2. The first-order valence-corrected chi connectivity index (χ1v) is 6.13. The zero-order valence-electron chi connectivity index (χ0n) is 10.1. The number of rotatable bonds is 5. The summed E-state index contributed by atoms with van der Waals surface area (Å²) in [5.74, 6) is -0.720. The molecule has 0 aromatic carbocycles. The largest absolute Gasteiger partial charge is 0.481 e. The second kappa shape index (κ2) is 5.31. The Morgan fingerprint density at radius 1 is 1.65 bits per heavy atom. The number of aromatic nitrogens is 2. The fraction of sp³-hybridized carbons (Fsp3) is 0.667. The Morgan fingerprint density at radius 3 is 3.12 bits per heavy atom. The molecule has 0 radical (unpaired) electrons. The predicted octanol–water partition coefficient (Wildman–Crippen LogP) is 1.38. The minimum Gasteiger partial charge on any atom is -0.481 e. The highest BCUT2D eigenvalue weighted by molar-refractivity contribution is 5.66. The Bertz CT molecular complexity index is 364. The first kappa shape index (κ1) is 12.1. The van der Waals surface area contributed by atoms with Crippen LogP contribution in [0.25, 0.3) is 0 Å². The second-order valence-electron chi connectivity index (χ2n) is 4.62. The van der Waals surface area contributed by atoms with Crippen molar-refractivity contribution in [1.29, 1.82) is 0 Å². The summed E-state index contributed by atoms with van der Waals surface area (Å²) in [5, 5.41) is 13.0. The summed E-state index contributed by atoms with van der Waals surface area (Å²) in [6.45, 7) is 3.80. The van der Waals surface area contributed by atoms with Gasteiger partial charge in [0.25, 0.3) is 0 Å². The van der Waals surface area contributed by atoms with Gasteiger partial charge in [-0.3, -0.25) is 14.4 Å². The molecule has 1 N–H and O–H groups in total. The Morgan fingerprint density at radius 2 is 2.47 bits per heavy atom. The number of carbonyl (C=O) groups is 1. The predicted molar refractivity (Wildman–Crippen MR) is 63.8 cm³/mol. The highest BCUT2D eigenvalue weighted by Gasteiger charge is 2.30. The first-order chi connectivity index (χ1) is 8.18. The highest BCUT2D eigenvalue weighted by atomic mass is 16.4. The van der Waals surface area contributed by atoms with Crippen molar-refractivity contribution in [3.05, 3.63) is 18.5 Å². The lowest BCUT2D eigenvalue weighted by molar-refractivity contribution is -0.137. The van der Waals surface area contributed by atoms with Gasteiger partial charge in [-0.1, -0.05) is 0 Å². The summed E-state index contributed by atoms with van der Waals surface area (Å²) in [5.41, 5.74) is 0. The van der Waals surface area contributed by atoms with Gasteiger partial charge in [-0.2, -0.15) is 5.10 Å². The maximum Gasteiger partial charge on any atom is 0.304 e. The number of likely N-dealkylation sites (tertiary alicyclic amines) is 1. The number of carboxylic acids is 1. The molecule has 0 amide bonds. The maximum atomic E-state index is 10.6. The maximum absolute atomic E-state index is 10.6. The average molecular weight is 237 g/mol. The van der Waals surface area contributed by atoms with E-state index in [1.54, 1.807) is 6.20 Å². The Kier molecular flexibility index (Phi) is 3.78. The van der Waals surface area contributed by atoms with E-state index in [0.29, 0.717) is 18.6 Å². The van der Waals surface area contributed by atoms with E-state index in [0.717, 1.165) is 19.4 Å². The van der Waals surface area contributed by atoms with E-state index in [4.69, 9.17) is 5.11 Å². The summed E-state index contributed by atoms with van der Waals surface area (Å²) in [6, 6.07) is 2.64. The molecule has 1 aliphatic rings. The molecule has 94 valence electrons. The summed E-state index contributed by atoms with van der Waals surface area (Å²) in [6.07, 6.45) is 6.25. The monoisotopic (exact) mass is 237 g/mol. The molecule has 5 heteroatoms. The molecule has 1 aliphatic heterocycles. The number of aliphatic carboxylic acids is 1. The Labute approximate surface area is 101 Å². The van der Waals surface area contributed by atoms with Crippen molar-refractivity contribution in [2.24, 2.45) is 0 Å². The highest BCUT2D eigenvalue weighted by Crippen LogP contribution is 2.26. The van der Waals surface area contributed by atoms with E-state index in [1.165, 1.54) is 0 Å². The number of hydrogen-bond donors (Lipinski definition) is 1. The molecule has 2 heterocycles. The van der Waals surface area contributed by atoms with Gasteiger partial charge in [0.05, 0.1) is 12.5 Å². The molecule has 1 saturated heterocycles. The molecule has 0 saturated carbocycles. The molecule has 2 rings (SSSR count). The van der Waals surface area contributed by atoms with Gasteiger partial charge in [-0.15, -0.1) is 0 Å². The summed E-state index contributed by atoms with van der Waals surface area (Å²) in [4.78, 5) is 12.9. The second-order valence-corrected chi connectivity index (χ2v) is 4.62.